The summed E-state index contributed by atoms with van der Waals surface area (Å²) >= 11 is 0. The molecular weight excluding hydrogens is 456 g/mol. The van der Waals surface area contributed by atoms with Gasteiger partial charge in [-0.1, -0.05) is 25.1 Å². The Hall–Kier alpha value is -3.49. The van der Waals surface area contributed by atoms with E-state index in [1.54, 1.807) is 29.7 Å². The number of fused-ring (bicyclic) bond motifs is 1. The van der Waals surface area contributed by atoms with Crippen molar-refractivity contribution in [3.05, 3.63) is 71.4 Å². The van der Waals surface area contributed by atoms with Gasteiger partial charge in [0.15, 0.2) is 0 Å². The van der Waals surface area contributed by atoms with Gasteiger partial charge in [0.2, 0.25) is 5.91 Å². The summed E-state index contributed by atoms with van der Waals surface area (Å²) in [6.45, 7) is 6.16. The van der Waals surface area contributed by atoms with Crippen molar-refractivity contribution in [2.75, 3.05) is 13.1 Å². The van der Waals surface area contributed by atoms with E-state index in [1.807, 2.05) is 37.3 Å². The van der Waals surface area contributed by atoms with E-state index in [9.17, 15) is 9.59 Å². The van der Waals surface area contributed by atoms with Gasteiger partial charge in [-0.3, -0.25) is 24.7 Å². The molecule has 0 saturated carbocycles. The lowest BCUT2D eigenvalue weighted by atomic mass is 9.90. The van der Waals surface area contributed by atoms with Crippen LogP contribution in [-0.4, -0.2) is 46.2 Å². The Balaban J connectivity index is 1.42. The zero-order valence-corrected chi connectivity index (χ0v) is 20.9. The quantitative estimate of drug-likeness (QED) is 0.307. The lowest BCUT2D eigenvalue weighted by Gasteiger charge is -2.41. The number of carbonyl (C=O) groups excluding carboxylic acids is 2. The van der Waals surface area contributed by atoms with Crippen LogP contribution >= 0.6 is 0 Å². The van der Waals surface area contributed by atoms with Gasteiger partial charge in [-0.25, -0.2) is 5.48 Å². The topological polar surface area (TPSA) is 104 Å². The van der Waals surface area contributed by atoms with Crippen LogP contribution in [0.5, 0.6) is 5.75 Å². The second kappa shape index (κ2) is 12.0. The van der Waals surface area contributed by atoms with Crippen LogP contribution in [0.2, 0.25) is 0 Å². The highest BCUT2D eigenvalue weighted by atomic mass is 16.5. The molecule has 190 valence electrons. The molecule has 1 saturated heterocycles. The number of hydroxylamine groups is 1. The van der Waals surface area contributed by atoms with E-state index >= 15 is 0 Å². The van der Waals surface area contributed by atoms with E-state index < -0.39 is 5.91 Å². The number of rotatable bonds is 9. The Kier molecular flexibility index (Phi) is 8.51. The highest BCUT2D eigenvalue weighted by Crippen LogP contribution is 2.26. The van der Waals surface area contributed by atoms with Gasteiger partial charge in [-0.2, -0.15) is 0 Å². The number of nitrogens with one attached hydrogen (secondary N) is 2. The second-order valence-corrected chi connectivity index (χ2v) is 9.35. The maximum atomic E-state index is 13.1. The number of likely N-dealkylation sites (tertiary alicyclic amines) is 1. The third-order valence-electron chi connectivity index (χ3n) is 6.66. The first-order valence-corrected chi connectivity index (χ1v) is 12.5. The first-order valence-electron chi connectivity index (χ1n) is 12.5. The number of hydrogen-bond acceptors (Lipinski definition) is 6. The van der Waals surface area contributed by atoms with Gasteiger partial charge in [0.1, 0.15) is 12.4 Å². The van der Waals surface area contributed by atoms with Gasteiger partial charge in [0.05, 0.1) is 11.7 Å². The first-order chi connectivity index (χ1) is 17.5. The SMILES string of the molecule is CCCN1CCC[C@@H](CC(=O)NO)C1NC(=O)c1ccc(OCc2cc(C)nc3ccccc23)cc1. The largest absolute Gasteiger partial charge is 0.489 e. The van der Waals surface area contributed by atoms with E-state index in [0.717, 1.165) is 54.5 Å². The predicted molar refractivity (Wildman–Crippen MR) is 138 cm³/mol. The van der Waals surface area contributed by atoms with Crippen molar-refractivity contribution in [1.82, 2.24) is 20.7 Å². The van der Waals surface area contributed by atoms with Crippen LogP contribution in [0.4, 0.5) is 0 Å². The van der Waals surface area contributed by atoms with Crippen molar-refractivity contribution in [2.24, 2.45) is 5.92 Å². The number of aromatic nitrogens is 1. The molecule has 8 nitrogen and oxygen atoms in total. The molecule has 2 heterocycles. The van der Waals surface area contributed by atoms with Gasteiger partial charge < -0.3 is 10.1 Å². The van der Waals surface area contributed by atoms with Crippen molar-refractivity contribution >= 4 is 22.7 Å². The number of amides is 2. The summed E-state index contributed by atoms with van der Waals surface area (Å²) < 4.78 is 6.03. The summed E-state index contributed by atoms with van der Waals surface area (Å²) in [7, 11) is 0. The highest BCUT2D eigenvalue weighted by molar-refractivity contribution is 5.94. The van der Waals surface area contributed by atoms with Crippen molar-refractivity contribution < 1.29 is 19.5 Å². The summed E-state index contributed by atoms with van der Waals surface area (Å²) in [5.41, 5.74) is 5.19. The van der Waals surface area contributed by atoms with Crippen LogP contribution in [0.25, 0.3) is 10.9 Å². The molecule has 0 radical (unpaired) electrons. The fraction of sp³-hybridized carbons (Fsp3) is 0.393. The second-order valence-electron chi connectivity index (χ2n) is 9.35. The Morgan fingerprint density at radius 3 is 2.69 bits per heavy atom. The predicted octanol–water partition coefficient (Wildman–Crippen LogP) is 4.20. The average Bonchev–Trinajstić information content (AvgIpc) is 2.89. The lowest BCUT2D eigenvalue weighted by molar-refractivity contribution is -0.131. The molecule has 0 bridgehead atoms. The standard InChI is InChI=1S/C28H34N4O4/c1-3-14-32-15-6-7-21(17-26(33)31-35)27(32)30-28(34)20-10-12-23(13-11-20)36-18-22-16-19(2)29-25-9-5-4-8-24(22)25/h4-5,8-13,16,21,27,35H,3,6-7,14-15,17-18H2,1-2H3,(H,30,34)(H,31,33)/t21-,27?/m0/s1. The molecule has 0 aliphatic carbocycles. The van der Waals surface area contributed by atoms with E-state index in [0.29, 0.717) is 17.9 Å². The summed E-state index contributed by atoms with van der Waals surface area (Å²) in [6, 6.07) is 17.1. The Morgan fingerprint density at radius 2 is 1.94 bits per heavy atom. The number of aryl methyl sites for hydroxylation is 1. The number of para-hydroxylation sites is 1. The van der Waals surface area contributed by atoms with Gasteiger partial charge in [0, 0.05) is 41.1 Å². The van der Waals surface area contributed by atoms with E-state index in [-0.39, 0.29) is 24.4 Å². The first kappa shape index (κ1) is 25.6. The van der Waals surface area contributed by atoms with Crippen LogP contribution in [0.15, 0.2) is 54.6 Å². The zero-order valence-electron chi connectivity index (χ0n) is 20.9. The average molecular weight is 491 g/mol. The fourth-order valence-corrected chi connectivity index (χ4v) is 4.99. The molecule has 2 atom stereocenters. The molecule has 1 unspecified atom stereocenters. The molecule has 2 amide bonds. The number of ether oxygens (including phenoxy) is 1. The normalized spacial score (nSPS) is 18.1. The molecule has 1 fully saturated rings. The number of pyridine rings is 1. The summed E-state index contributed by atoms with van der Waals surface area (Å²) in [4.78, 5) is 31.7. The van der Waals surface area contributed by atoms with Crippen molar-refractivity contribution in [3.8, 4) is 5.75 Å². The maximum Gasteiger partial charge on any atom is 0.252 e. The van der Waals surface area contributed by atoms with Crippen LogP contribution in [0.1, 0.15) is 54.2 Å². The molecule has 3 N–H and O–H groups in total. The third-order valence-corrected chi connectivity index (χ3v) is 6.66. The van der Waals surface area contributed by atoms with Crippen LogP contribution in [0, 0.1) is 12.8 Å². The van der Waals surface area contributed by atoms with Gasteiger partial charge in [0.25, 0.3) is 5.91 Å². The van der Waals surface area contributed by atoms with Gasteiger partial charge in [-0.05, 0) is 69.1 Å². The fourth-order valence-electron chi connectivity index (χ4n) is 4.99. The van der Waals surface area contributed by atoms with Crippen molar-refractivity contribution in [1.29, 1.82) is 0 Å². The minimum absolute atomic E-state index is 0.0670. The molecule has 0 spiro atoms. The summed E-state index contributed by atoms with van der Waals surface area (Å²) in [6.07, 6.45) is 2.62. The number of nitrogens with zero attached hydrogens (tertiary/aromatic N) is 2. The number of benzene rings is 2. The molecule has 2 aromatic carbocycles. The molecule has 1 aliphatic heterocycles. The third kappa shape index (κ3) is 6.19. The van der Waals surface area contributed by atoms with Crippen LogP contribution in [0.3, 0.4) is 0 Å². The van der Waals surface area contributed by atoms with E-state index in [1.165, 1.54) is 0 Å². The minimum atomic E-state index is -0.434. The highest BCUT2D eigenvalue weighted by Gasteiger charge is 2.33. The Morgan fingerprint density at radius 1 is 1.17 bits per heavy atom. The molecule has 4 rings (SSSR count). The Labute approximate surface area is 211 Å². The molecule has 1 aliphatic rings. The zero-order chi connectivity index (χ0) is 25.5. The van der Waals surface area contributed by atoms with Gasteiger partial charge >= 0.3 is 0 Å². The lowest BCUT2D eigenvalue weighted by Crippen LogP contribution is -2.56. The molecular formula is C28H34N4O4. The van der Waals surface area contributed by atoms with E-state index in [2.05, 4.69) is 22.1 Å². The molecule has 8 heteroatoms. The number of carbonyl (C=O) groups is 2. The smallest absolute Gasteiger partial charge is 0.252 e. The van der Waals surface area contributed by atoms with Crippen molar-refractivity contribution in [2.45, 2.75) is 52.3 Å². The van der Waals surface area contributed by atoms with Gasteiger partial charge in [-0.15, -0.1) is 0 Å². The van der Waals surface area contributed by atoms with E-state index in [4.69, 9.17) is 9.94 Å². The summed E-state index contributed by atoms with van der Waals surface area (Å²) in [5, 5.41) is 13.2. The molecule has 36 heavy (non-hydrogen) atoms. The number of piperidine rings is 1. The Bertz CT molecular complexity index is 1200. The maximum absolute atomic E-state index is 13.1. The van der Waals surface area contributed by atoms with Crippen molar-refractivity contribution in [3.63, 3.8) is 0 Å². The van der Waals surface area contributed by atoms with Crippen LogP contribution in [-0.2, 0) is 11.4 Å². The number of hydrogen-bond donors (Lipinski definition) is 3. The molecule has 3 aromatic rings. The monoisotopic (exact) mass is 490 g/mol. The summed E-state index contributed by atoms with van der Waals surface area (Å²) in [5.74, 6) is -0.0218. The minimum Gasteiger partial charge on any atom is -0.489 e. The molecule has 1 aromatic heterocycles. The van der Waals surface area contributed by atoms with Crippen LogP contribution < -0.4 is 15.5 Å².